The van der Waals surface area contributed by atoms with Crippen LogP contribution in [0, 0.1) is 17.3 Å². The maximum absolute atomic E-state index is 6.43. The van der Waals surface area contributed by atoms with Crippen LogP contribution in [0.15, 0.2) is 0 Å². The fraction of sp³-hybridized carbons (Fsp3) is 1.00. The van der Waals surface area contributed by atoms with E-state index in [0.717, 1.165) is 18.4 Å². The van der Waals surface area contributed by atoms with Gasteiger partial charge in [-0.05, 0) is 56.4 Å². The topological polar surface area (TPSA) is 21.3 Å². The molecule has 2 rings (SSSR count). The average molecular weight is 296 g/mol. The molecule has 2 heteroatoms. The first kappa shape index (κ1) is 17.3. The molecular weight excluding hydrogens is 258 g/mol. The van der Waals surface area contributed by atoms with Gasteiger partial charge < -0.3 is 10.1 Å². The van der Waals surface area contributed by atoms with E-state index in [9.17, 15) is 0 Å². The minimum Gasteiger partial charge on any atom is -0.376 e. The van der Waals surface area contributed by atoms with Crippen molar-refractivity contribution in [3.63, 3.8) is 0 Å². The summed E-state index contributed by atoms with van der Waals surface area (Å²) in [6, 6.07) is 0.567. The first-order valence-corrected chi connectivity index (χ1v) is 9.35. The fourth-order valence-corrected chi connectivity index (χ4v) is 4.26. The molecule has 0 radical (unpaired) electrons. The number of likely N-dealkylation sites (N-methyl/N-ethyl adjacent to an activating group) is 1. The molecule has 2 aliphatic rings. The number of rotatable bonds is 6. The molecule has 0 spiro atoms. The van der Waals surface area contributed by atoms with Crippen LogP contribution in [-0.4, -0.2) is 25.8 Å². The van der Waals surface area contributed by atoms with Crippen molar-refractivity contribution in [3.8, 4) is 0 Å². The highest BCUT2D eigenvalue weighted by Crippen LogP contribution is 2.41. The number of hydrogen-bond donors (Lipinski definition) is 1. The van der Waals surface area contributed by atoms with Crippen molar-refractivity contribution in [1.82, 2.24) is 5.32 Å². The first-order valence-electron chi connectivity index (χ1n) is 9.35. The molecule has 1 N–H and O–H groups in total. The molecule has 3 unspecified atom stereocenters. The summed E-state index contributed by atoms with van der Waals surface area (Å²) < 4.78 is 6.43. The van der Waals surface area contributed by atoms with Crippen LogP contribution in [-0.2, 0) is 4.74 Å². The second kappa shape index (κ2) is 7.97. The lowest BCUT2D eigenvalue weighted by Crippen LogP contribution is -2.47. The molecular formula is C19H37NO. The van der Waals surface area contributed by atoms with E-state index in [1.165, 1.54) is 57.8 Å². The monoisotopic (exact) mass is 295 g/mol. The summed E-state index contributed by atoms with van der Waals surface area (Å²) in [5.74, 6) is 1.65. The van der Waals surface area contributed by atoms with E-state index >= 15 is 0 Å². The largest absolute Gasteiger partial charge is 0.376 e. The van der Waals surface area contributed by atoms with Gasteiger partial charge in [-0.1, -0.05) is 46.5 Å². The summed E-state index contributed by atoms with van der Waals surface area (Å²) in [6.45, 7) is 8.22. The van der Waals surface area contributed by atoms with Gasteiger partial charge in [0, 0.05) is 12.6 Å². The zero-order valence-electron chi connectivity index (χ0n) is 14.8. The van der Waals surface area contributed by atoms with Crippen LogP contribution in [0.3, 0.4) is 0 Å². The van der Waals surface area contributed by atoms with Crippen molar-refractivity contribution < 1.29 is 4.74 Å². The lowest BCUT2D eigenvalue weighted by atomic mass is 9.68. The van der Waals surface area contributed by atoms with Crippen LogP contribution in [0.5, 0.6) is 0 Å². The van der Waals surface area contributed by atoms with Gasteiger partial charge in [-0.25, -0.2) is 0 Å². The molecule has 0 amide bonds. The molecule has 3 atom stereocenters. The van der Waals surface area contributed by atoms with E-state index < -0.39 is 0 Å². The molecule has 0 aliphatic heterocycles. The predicted molar refractivity (Wildman–Crippen MR) is 90.6 cm³/mol. The van der Waals surface area contributed by atoms with Crippen LogP contribution in [0.25, 0.3) is 0 Å². The van der Waals surface area contributed by atoms with Crippen molar-refractivity contribution >= 4 is 0 Å². The molecule has 0 bridgehead atoms. The van der Waals surface area contributed by atoms with E-state index in [2.05, 4.69) is 33.1 Å². The second-order valence-electron chi connectivity index (χ2n) is 8.12. The van der Waals surface area contributed by atoms with Gasteiger partial charge in [0.05, 0.1) is 6.10 Å². The summed E-state index contributed by atoms with van der Waals surface area (Å²) in [5, 5.41) is 3.51. The van der Waals surface area contributed by atoms with Crippen molar-refractivity contribution in [1.29, 1.82) is 0 Å². The molecule has 2 saturated carbocycles. The molecule has 2 nitrogen and oxygen atoms in total. The van der Waals surface area contributed by atoms with Crippen LogP contribution >= 0.6 is 0 Å². The van der Waals surface area contributed by atoms with Crippen molar-refractivity contribution in [2.45, 2.75) is 90.7 Å². The molecule has 21 heavy (non-hydrogen) atoms. The Balaban J connectivity index is 1.87. The van der Waals surface area contributed by atoms with E-state index in [0.29, 0.717) is 17.6 Å². The van der Waals surface area contributed by atoms with Gasteiger partial charge >= 0.3 is 0 Å². The Morgan fingerprint density at radius 1 is 1.05 bits per heavy atom. The second-order valence-corrected chi connectivity index (χ2v) is 8.12. The number of ether oxygens (including phenoxy) is 1. The Morgan fingerprint density at radius 3 is 2.38 bits per heavy atom. The summed E-state index contributed by atoms with van der Waals surface area (Å²) in [6.07, 6.45) is 12.6. The predicted octanol–water partition coefficient (Wildman–Crippen LogP) is 4.78. The van der Waals surface area contributed by atoms with Crippen LogP contribution < -0.4 is 5.32 Å². The molecule has 2 aliphatic carbocycles. The Bertz CT molecular complexity index is 296. The van der Waals surface area contributed by atoms with E-state index in [1.807, 2.05) is 0 Å². The van der Waals surface area contributed by atoms with Gasteiger partial charge in [0.15, 0.2) is 0 Å². The maximum atomic E-state index is 6.43. The lowest BCUT2D eigenvalue weighted by molar-refractivity contribution is -0.0457. The molecule has 124 valence electrons. The summed E-state index contributed by atoms with van der Waals surface area (Å²) >= 11 is 0. The van der Waals surface area contributed by atoms with Crippen LogP contribution in [0.2, 0.25) is 0 Å². The summed E-state index contributed by atoms with van der Waals surface area (Å²) in [4.78, 5) is 0. The van der Waals surface area contributed by atoms with Crippen molar-refractivity contribution in [3.05, 3.63) is 0 Å². The molecule has 2 fully saturated rings. The van der Waals surface area contributed by atoms with Crippen molar-refractivity contribution in [2.75, 3.05) is 13.7 Å². The normalized spacial score (nSPS) is 32.3. The molecule has 0 heterocycles. The van der Waals surface area contributed by atoms with Crippen LogP contribution in [0.1, 0.15) is 78.6 Å². The van der Waals surface area contributed by atoms with Gasteiger partial charge in [-0.3, -0.25) is 0 Å². The van der Waals surface area contributed by atoms with Gasteiger partial charge in [0.1, 0.15) is 0 Å². The van der Waals surface area contributed by atoms with E-state index in [1.54, 1.807) is 0 Å². The quantitative estimate of drug-likeness (QED) is 0.761. The zero-order chi connectivity index (χ0) is 15.3. The van der Waals surface area contributed by atoms with Gasteiger partial charge in [-0.2, -0.15) is 0 Å². The Morgan fingerprint density at radius 2 is 1.76 bits per heavy atom. The molecule has 0 aromatic carbocycles. The average Bonchev–Trinajstić information content (AvgIpc) is 2.53. The SMILES string of the molecule is CCC(C)(C)C1CCC(NC)C(OCC2CCCCC2)C1. The lowest BCUT2D eigenvalue weighted by Gasteiger charge is -2.43. The summed E-state index contributed by atoms with van der Waals surface area (Å²) in [7, 11) is 2.10. The Labute approximate surface area is 132 Å². The zero-order valence-corrected chi connectivity index (χ0v) is 14.8. The smallest absolute Gasteiger partial charge is 0.0730 e. The Kier molecular flexibility index (Phi) is 6.55. The highest BCUT2D eigenvalue weighted by atomic mass is 16.5. The molecule has 0 aromatic heterocycles. The maximum Gasteiger partial charge on any atom is 0.0730 e. The van der Waals surface area contributed by atoms with E-state index in [4.69, 9.17) is 4.74 Å². The van der Waals surface area contributed by atoms with Crippen molar-refractivity contribution in [2.24, 2.45) is 17.3 Å². The third kappa shape index (κ3) is 4.69. The summed E-state index contributed by atoms with van der Waals surface area (Å²) in [5.41, 5.74) is 0.463. The van der Waals surface area contributed by atoms with Crippen LogP contribution in [0.4, 0.5) is 0 Å². The minimum atomic E-state index is 0.432. The highest BCUT2D eigenvalue weighted by Gasteiger charge is 2.37. The standard InChI is InChI=1S/C19H37NO/c1-5-19(2,3)16-11-12-17(20-4)18(13-16)21-14-15-9-7-6-8-10-15/h15-18,20H,5-14H2,1-4H3. The van der Waals surface area contributed by atoms with E-state index in [-0.39, 0.29) is 0 Å². The van der Waals surface area contributed by atoms with Gasteiger partial charge in [-0.15, -0.1) is 0 Å². The first-order chi connectivity index (χ1) is 10.1. The Hall–Kier alpha value is -0.0800. The molecule has 0 saturated heterocycles. The van der Waals surface area contributed by atoms with Gasteiger partial charge in [0.25, 0.3) is 0 Å². The third-order valence-corrected chi connectivity index (χ3v) is 6.45. The number of hydrogen-bond acceptors (Lipinski definition) is 2. The molecule has 0 aromatic rings. The number of nitrogens with one attached hydrogen (secondary N) is 1. The van der Waals surface area contributed by atoms with Gasteiger partial charge in [0.2, 0.25) is 0 Å². The minimum absolute atomic E-state index is 0.432. The third-order valence-electron chi connectivity index (χ3n) is 6.45. The highest BCUT2D eigenvalue weighted by molar-refractivity contribution is 4.90. The fourth-order valence-electron chi connectivity index (χ4n) is 4.26.